The van der Waals surface area contributed by atoms with Gasteiger partial charge in [0.2, 0.25) is 10.8 Å². The van der Waals surface area contributed by atoms with Crippen LogP contribution >= 0.6 is 11.8 Å². The fraction of sp³-hybridized carbons (Fsp3) is 0.333. The van der Waals surface area contributed by atoms with Crippen LogP contribution in [0.25, 0.3) is 0 Å². The molecule has 2 atom stereocenters. The van der Waals surface area contributed by atoms with Gasteiger partial charge in [-0.2, -0.15) is 0 Å². The normalized spacial score (nSPS) is 23.2. The van der Waals surface area contributed by atoms with Gasteiger partial charge in [0.05, 0.1) is 24.2 Å². The molecular formula is C30H31FN4O3S. The van der Waals surface area contributed by atoms with E-state index in [1.165, 1.54) is 23.9 Å². The lowest BCUT2D eigenvalue weighted by Gasteiger charge is -2.38. The van der Waals surface area contributed by atoms with Crippen LogP contribution in [0, 0.1) is 5.82 Å². The van der Waals surface area contributed by atoms with Gasteiger partial charge in [0.15, 0.2) is 0 Å². The molecule has 3 aliphatic rings. The number of halogens is 1. The molecule has 3 heterocycles. The SMILES string of the molecule is CCOc1ccc(N2C(=O)[C@H](C)S[C@@]23C(=O)N(CN2CCN(c4ccc(F)cc4)CC2)c2ccccc23)cc1. The molecule has 202 valence electrons. The van der Waals surface area contributed by atoms with Crippen LogP contribution < -0.4 is 19.4 Å². The van der Waals surface area contributed by atoms with E-state index < -0.39 is 4.87 Å². The van der Waals surface area contributed by atoms with Gasteiger partial charge in [-0.15, -0.1) is 11.8 Å². The maximum atomic E-state index is 14.4. The first-order valence-corrected chi connectivity index (χ1v) is 14.2. The molecule has 0 N–H and O–H groups in total. The number of thioether (sulfide) groups is 1. The molecule has 3 aromatic rings. The van der Waals surface area contributed by atoms with Gasteiger partial charge in [-0.25, -0.2) is 4.39 Å². The van der Waals surface area contributed by atoms with Gasteiger partial charge < -0.3 is 9.64 Å². The van der Waals surface area contributed by atoms with E-state index in [4.69, 9.17) is 4.74 Å². The Morgan fingerprint density at radius 3 is 2.28 bits per heavy atom. The zero-order chi connectivity index (χ0) is 27.1. The Bertz CT molecular complexity index is 1380. The average Bonchev–Trinajstić information content (AvgIpc) is 3.35. The maximum absolute atomic E-state index is 14.4. The third-order valence-corrected chi connectivity index (χ3v) is 9.11. The summed E-state index contributed by atoms with van der Waals surface area (Å²) in [6, 6.07) is 21.8. The number of benzene rings is 3. The predicted molar refractivity (Wildman–Crippen MR) is 153 cm³/mol. The molecule has 0 radical (unpaired) electrons. The molecule has 39 heavy (non-hydrogen) atoms. The van der Waals surface area contributed by atoms with E-state index >= 15 is 0 Å². The number of anilines is 3. The number of fused-ring (bicyclic) bond motifs is 2. The Morgan fingerprint density at radius 1 is 0.923 bits per heavy atom. The quantitative estimate of drug-likeness (QED) is 0.448. The molecular weight excluding hydrogens is 515 g/mol. The molecule has 7 nitrogen and oxygen atoms in total. The number of carbonyl (C=O) groups is 2. The van der Waals surface area contributed by atoms with Gasteiger partial charge in [-0.05, 0) is 68.4 Å². The summed E-state index contributed by atoms with van der Waals surface area (Å²) in [6.07, 6.45) is 0. The molecule has 2 amide bonds. The smallest absolute Gasteiger partial charge is 0.269 e. The molecule has 2 fully saturated rings. The second-order valence-electron chi connectivity index (χ2n) is 9.98. The van der Waals surface area contributed by atoms with Gasteiger partial charge in [-0.3, -0.25) is 24.3 Å². The third-order valence-electron chi connectivity index (χ3n) is 7.64. The molecule has 0 aromatic heterocycles. The average molecular weight is 547 g/mol. The van der Waals surface area contributed by atoms with Crippen LogP contribution in [0.2, 0.25) is 0 Å². The first-order valence-electron chi connectivity index (χ1n) is 13.3. The Labute approximate surface area is 232 Å². The van der Waals surface area contributed by atoms with E-state index in [1.54, 1.807) is 17.0 Å². The number of ether oxygens (including phenoxy) is 1. The molecule has 0 saturated carbocycles. The van der Waals surface area contributed by atoms with Crippen LogP contribution in [0.1, 0.15) is 19.4 Å². The molecule has 3 aromatic carbocycles. The lowest BCUT2D eigenvalue weighted by molar-refractivity contribution is -0.124. The fourth-order valence-corrected chi connectivity index (χ4v) is 7.27. The molecule has 3 aliphatic heterocycles. The summed E-state index contributed by atoms with van der Waals surface area (Å²) in [5.74, 6) is 0.305. The zero-order valence-electron chi connectivity index (χ0n) is 22.0. The minimum Gasteiger partial charge on any atom is -0.494 e. The second kappa shape index (κ2) is 10.2. The van der Waals surface area contributed by atoms with Crippen molar-refractivity contribution in [2.45, 2.75) is 24.0 Å². The van der Waals surface area contributed by atoms with E-state index in [0.717, 1.165) is 48.9 Å². The highest BCUT2D eigenvalue weighted by atomic mass is 32.2. The Hall–Kier alpha value is -3.56. The minimum absolute atomic E-state index is 0.0814. The van der Waals surface area contributed by atoms with E-state index in [0.29, 0.717) is 19.0 Å². The Kier molecular flexibility index (Phi) is 6.72. The van der Waals surface area contributed by atoms with Crippen LogP contribution in [0.4, 0.5) is 21.5 Å². The highest BCUT2D eigenvalue weighted by Crippen LogP contribution is 2.57. The standard InChI is InChI=1S/C30H31FN4O3S/c1-3-38-25-14-12-24(13-15-25)35-28(36)21(2)39-30(35)26-6-4-5-7-27(26)34(29(30)37)20-32-16-18-33(19-17-32)23-10-8-22(31)9-11-23/h4-15,21H,3,16-20H2,1-2H3/t21-,30-/m0/s1. The summed E-state index contributed by atoms with van der Waals surface area (Å²) in [7, 11) is 0. The number of para-hydroxylation sites is 1. The second-order valence-corrected chi connectivity index (χ2v) is 11.5. The van der Waals surface area contributed by atoms with Crippen LogP contribution in [0.5, 0.6) is 5.75 Å². The van der Waals surface area contributed by atoms with E-state index in [-0.39, 0.29) is 22.9 Å². The number of amides is 2. The largest absolute Gasteiger partial charge is 0.494 e. The molecule has 9 heteroatoms. The highest BCUT2D eigenvalue weighted by molar-refractivity contribution is 8.03. The molecule has 6 rings (SSSR count). The lowest BCUT2D eigenvalue weighted by Crippen LogP contribution is -2.54. The minimum atomic E-state index is -1.16. The van der Waals surface area contributed by atoms with Gasteiger partial charge in [0.1, 0.15) is 11.6 Å². The Balaban J connectivity index is 1.27. The van der Waals surface area contributed by atoms with Crippen molar-refractivity contribution in [2.75, 3.05) is 54.2 Å². The first kappa shape index (κ1) is 25.7. The number of piperazine rings is 1. The maximum Gasteiger partial charge on any atom is 0.269 e. The van der Waals surface area contributed by atoms with Crippen molar-refractivity contribution in [3.8, 4) is 5.75 Å². The zero-order valence-corrected chi connectivity index (χ0v) is 22.9. The number of nitrogens with zero attached hydrogens (tertiary/aromatic N) is 4. The van der Waals surface area contributed by atoms with Gasteiger partial charge in [-0.1, -0.05) is 18.2 Å². The van der Waals surface area contributed by atoms with Crippen molar-refractivity contribution in [3.63, 3.8) is 0 Å². The van der Waals surface area contributed by atoms with Crippen LogP contribution in [-0.2, 0) is 14.5 Å². The van der Waals surface area contributed by atoms with Crippen molar-refractivity contribution >= 4 is 40.6 Å². The fourth-order valence-electron chi connectivity index (χ4n) is 5.74. The third kappa shape index (κ3) is 4.33. The van der Waals surface area contributed by atoms with Crippen LogP contribution in [0.15, 0.2) is 72.8 Å². The van der Waals surface area contributed by atoms with E-state index in [1.807, 2.05) is 67.3 Å². The van der Waals surface area contributed by atoms with Crippen LogP contribution in [0.3, 0.4) is 0 Å². The summed E-state index contributed by atoms with van der Waals surface area (Å²) < 4.78 is 19.0. The molecule has 0 unspecified atom stereocenters. The summed E-state index contributed by atoms with van der Waals surface area (Å²) in [5, 5.41) is -0.368. The lowest BCUT2D eigenvalue weighted by atomic mass is 10.0. The van der Waals surface area contributed by atoms with Gasteiger partial charge >= 0.3 is 0 Å². The summed E-state index contributed by atoms with van der Waals surface area (Å²) in [4.78, 5) is 34.9. The number of carbonyl (C=O) groups excluding carboxylic acids is 2. The number of rotatable bonds is 6. The summed E-state index contributed by atoms with van der Waals surface area (Å²) in [6.45, 7) is 7.88. The molecule has 0 aliphatic carbocycles. The van der Waals surface area contributed by atoms with Crippen molar-refractivity contribution in [2.24, 2.45) is 0 Å². The highest BCUT2D eigenvalue weighted by Gasteiger charge is 2.63. The first-order chi connectivity index (χ1) is 18.9. The molecule has 1 spiro atoms. The summed E-state index contributed by atoms with van der Waals surface area (Å²) >= 11 is 1.41. The number of hydrogen-bond acceptors (Lipinski definition) is 6. The molecule has 0 bridgehead atoms. The topological polar surface area (TPSA) is 56.3 Å². The predicted octanol–water partition coefficient (Wildman–Crippen LogP) is 4.67. The number of hydrogen-bond donors (Lipinski definition) is 0. The molecule has 2 saturated heterocycles. The van der Waals surface area contributed by atoms with Crippen molar-refractivity contribution in [1.29, 1.82) is 0 Å². The van der Waals surface area contributed by atoms with E-state index in [9.17, 15) is 14.0 Å². The summed E-state index contributed by atoms with van der Waals surface area (Å²) in [5.41, 5.74) is 3.36. The van der Waals surface area contributed by atoms with Crippen molar-refractivity contribution in [3.05, 3.63) is 84.2 Å². The van der Waals surface area contributed by atoms with E-state index in [2.05, 4.69) is 9.80 Å². The Morgan fingerprint density at radius 2 is 1.59 bits per heavy atom. The van der Waals surface area contributed by atoms with Crippen molar-refractivity contribution < 1.29 is 18.7 Å². The van der Waals surface area contributed by atoms with Gasteiger partial charge in [0.25, 0.3) is 5.91 Å². The van der Waals surface area contributed by atoms with Crippen molar-refractivity contribution in [1.82, 2.24) is 4.90 Å². The monoisotopic (exact) mass is 546 g/mol. The van der Waals surface area contributed by atoms with Crippen LogP contribution in [-0.4, -0.2) is 61.4 Å². The van der Waals surface area contributed by atoms with Gasteiger partial charge in [0, 0.05) is 43.1 Å².